The largest absolute Gasteiger partial charge is 0.481 e. The van der Waals surface area contributed by atoms with Crippen LogP contribution in [0.1, 0.15) is 13.3 Å². The number of hydrogen-bond acceptors (Lipinski definition) is 3. The molecule has 4 nitrogen and oxygen atoms in total. The third kappa shape index (κ3) is 3.20. The highest BCUT2D eigenvalue weighted by atomic mass is 16.4. The van der Waals surface area contributed by atoms with Gasteiger partial charge in [-0.1, -0.05) is 18.2 Å². The van der Waals surface area contributed by atoms with E-state index < -0.39 is 5.97 Å². The summed E-state index contributed by atoms with van der Waals surface area (Å²) < 4.78 is 0. The summed E-state index contributed by atoms with van der Waals surface area (Å²) in [5.41, 5.74) is 1.16. The lowest BCUT2D eigenvalue weighted by Gasteiger charge is -2.38. The molecule has 0 aromatic heterocycles. The van der Waals surface area contributed by atoms with Crippen LogP contribution in [0.2, 0.25) is 0 Å². The number of carboxylic acid groups (broad SMARTS) is 1. The van der Waals surface area contributed by atoms with Gasteiger partial charge in [0.25, 0.3) is 0 Å². The number of aliphatic carboxylic acids is 1. The number of nitrogens with one attached hydrogen (secondary N) is 1. The Bertz CT molecular complexity index is 380. The van der Waals surface area contributed by atoms with Crippen LogP contribution in [-0.4, -0.2) is 36.2 Å². The van der Waals surface area contributed by atoms with E-state index in [9.17, 15) is 4.79 Å². The molecule has 92 valence electrons. The van der Waals surface area contributed by atoms with Crippen LogP contribution < -0.4 is 10.2 Å². The summed E-state index contributed by atoms with van der Waals surface area (Å²) >= 11 is 0. The Hall–Kier alpha value is -1.55. The van der Waals surface area contributed by atoms with E-state index in [1.54, 1.807) is 0 Å². The fourth-order valence-corrected chi connectivity index (χ4v) is 2.36. The van der Waals surface area contributed by atoms with Gasteiger partial charge in [0, 0.05) is 30.9 Å². The van der Waals surface area contributed by atoms with Gasteiger partial charge in [-0.3, -0.25) is 4.79 Å². The van der Waals surface area contributed by atoms with Crippen LogP contribution in [0.15, 0.2) is 30.3 Å². The van der Waals surface area contributed by atoms with Crippen LogP contribution in [-0.2, 0) is 4.79 Å². The Labute approximate surface area is 101 Å². The van der Waals surface area contributed by atoms with E-state index in [-0.39, 0.29) is 12.5 Å². The van der Waals surface area contributed by atoms with E-state index in [2.05, 4.69) is 29.3 Å². The third-order valence-corrected chi connectivity index (χ3v) is 3.00. The summed E-state index contributed by atoms with van der Waals surface area (Å²) in [7, 11) is 0. The zero-order chi connectivity index (χ0) is 12.3. The van der Waals surface area contributed by atoms with Gasteiger partial charge in [0.05, 0.1) is 6.42 Å². The number of benzene rings is 1. The zero-order valence-electron chi connectivity index (χ0n) is 9.97. The molecule has 0 spiro atoms. The molecular weight excluding hydrogens is 216 g/mol. The van der Waals surface area contributed by atoms with Gasteiger partial charge < -0.3 is 15.3 Å². The highest BCUT2D eigenvalue weighted by Crippen LogP contribution is 2.17. The summed E-state index contributed by atoms with van der Waals surface area (Å²) in [6.07, 6.45) is 0.174. The molecule has 0 aliphatic carbocycles. The second-order valence-corrected chi connectivity index (χ2v) is 4.60. The summed E-state index contributed by atoms with van der Waals surface area (Å²) in [5.74, 6) is -0.746. The SMILES string of the molecule is C[C@H]1CN(c2ccccc2)C[C@@H](CC(=O)O)N1. The van der Waals surface area contributed by atoms with E-state index in [0.29, 0.717) is 6.04 Å². The lowest BCUT2D eigenvalue weighted by Crippen LogP contribution is -2.56. The van der Waals surface area contributed by atoms with E-state index >= 15 is 0 Å². The van der Waals surface area contributed by atoms with Gasteiger partial charge in [-0.15, -0.1) is 0 Å². The van der Waals surface area contributed by atoms with Crippen molar-refractivity contribution >= 4 is 11.7 Å². The average Bonchev–Trinajstić information content (AvgIpc) is 2.28. The summed E-state index contributed by atoms with van der Waals surface area (Å²) in [4.78, 5) is 13.0. The molecule has 0 saturated carbocycles. The van der Waals surface area contributed by atoms with Gasteiger partial charge in [0.2, 0.25) is 0 Å². The molecule has 2 N–H and O–H groups in total. The zero-order valence-corrected chi connectivity index (χ0v) is 9.97. The average molecular weight is 234 g/mol. The van der Waals surface area contributed by atoms with Crippen molar-refractivity contribution in [3.8, 4) is 0 Å². The Balaban J connectivity index is 2.06. The number of nitrogens with zero attached hydrogens (tertiary/aromatic N) is 1. The topological polar surface area (TPSA) is 52.6 Å². The Morgan fingerprint density at radius 2 is 2.12 bits per heavy atom. The lowest BCUT2D eigenvalue weighted by atomic mass is 10.1. The monoisotopic (exact) mass is 234 g/mol. The first-order valence-corrected chi connectivity index (χ1v) is 5.93. The lowest BCUT2D eigenvalue weighted by molar-refractivity contribution is -0.137. The third-order valence-electron chi connectivity index (χ3n) is 3.00. The minimum absolute atomic E-state index is 0.0245. The van der Waals surface area contributed by atoms with Crippen LogP contribution in [0.5, 0.6) is 0 Å². The Morgan fingerprint density at radius 1 is 1.41 bits per heavy atom. The minimum Gasteiger partial charge on any atom is -0.481 e. The second-order valence-electron chi connectivity index (χ2n) is 4.60. The molecule has 0 unspecified atom stereocenters. The predicted molar refractivity (Wildman–Crippen MR) is 67.3 cm³/mol. The highest BCUT2D eigenvalue weighted by molar-refractivity contribution is 5.67. The second kappa shape index (κ2) is 5.19. The Kier molecular flexibility index (Phi) is 3.64. The number of piperazine rings is 1. The number of anilines is 1. The quantitative estimate of drug-likeness (QED) is 0.828. The molecule has 0 radical (unpaired) electrons. The van der Waals surface area contributed by atoms with E-state index in [1.807, 2.05) is 18.2 Å². The molecule has 0 bridgehead atoms. The number of carbonyl (C=O) groups is 1. The summed E-state index contributed by atoms with van der Waals surface area (Å²) in [6, 6.07) is 10.5. The molecule has 1 fully saturated rings. The molecule has 17 heavy (non-hydrogen) atoms. The molecule has 1 saturated heterocycles. The van der Waals surface area contributed by atoms with Crippen LogP contribution in [0.3, 0.4) is 0 Å². The fourth-order valence-electron chi connectivity index (χ4n) is 2.36. The van der Waals surface area contributed by atoms with Crippen LogP contribution in [0.25, 0.3) is 0 Å². The fraction of sp³-hybridized carbons (Fsp3) is 0.462. The first-order chi connectivity index (χ1) is 8.15. The van der Waals surface area contributed by atoms with Gasteiger partial charge in [0.15, 0.2) is 0 Å². The first kappa shape index (κ1) is 11.9. The van der Waals surface area contributed by atoms with Crippen molar-refractivity contribution in [2.75, 3.05) is 18.0 Å². The molecular formula is C13H18N2O2. The van der Waals surface area contributed by atoms with Gasteiger partial charge in [0.1, 0.15) is 0 Å². The maximum atomic E-state index is 10.8. The molecule has 2 atom stereocenters. The number of hydrogen-bond donors (Lipinski definition) is 2. The van der Waals surface area contributed by atoms with Crippen molar-refractivity contribution in [1.29, 1.82) is 0 Å². The standard InChI is InChI=1S/C13H18N2O2/c1-10-8-15(12-5-3-2-4-6-12)9-11(14-10)7-13(16)17/h2-6,10-11,14H,7-9H2,1H3,(H,16,17)/t10-,11+/m0/s1. The molecule has 0 amide bonds. The molecule has 4 heteroatoms. The molecule has 1 heterocycles. The van der Waals surface area contributed by atoms with Crippen LogP contribution >= 0.6 is 0 Å². The van der Waals surface area contributed by atoms with Crippen molar-refractivity contribution in [1.82, 2.24) is 5.32 Å². The van der Waals surface area contributed by atoms with Crippen LogP contribution in [0.4, 0.5) is 5.69 Å². The molecule has 1 aromatic carbocycles. The van der Waals surface area contributed by atoms with Gasteiger partial charge in [-0.2, -0.15) is 0 Å². The molecule has 1 aliphatic rings. The van der Waals surface area contributed by atoms with E-state index in [0.717, 1.165) is 18.8 Å². The van der Waals surface area contributed by atoms with Gasteiger partial charge in [-0.25, -0.2) is 0 Å². The van der Waals surface area contributed by atoms with E-state index in [4.69, 9.17) is 5.11 Å². The van der Waals surface area contributed by atoms with Crippen molar-refractivity contribution < 1.29 is 9.90 Å². The summed E-state index contributed by atoms with van der Waals surface area (Å²) in [5, 5.41) is 12.2. The van der Waals surface area contributed by atoms with Crippen molar-refractivity contribution in [3.05, 3.63) is 30.3 Å². The highest BCUT2D eigenvalue weighted by Gasteiger charge is 2.25. The number of rotatable bonds is 3. The van der Waals surface area contributed by atoms with Crippen molar-refractivity contribution in [3.63, 3.8) is 0 Å². The molecule has 1 aliphatic heterocycles. The van der Waals surface area contributed by atoms with Gasteiger partial charge >= 0.3 is 5.97 Å². The maximum Gasteiger partial charge on any atom is 0.304 e. The maximum absolute atomic E-state index is 10.8. The molecule has 1 aromatic rings. The van der Waals surface area contributed by atoms with Gasteiger partial charge in [-0.05, 0) is 19.1 Å². The summed E-state index contributed by atoms with van der Waals surface area (Å²) in [6.45, 7) is 3.75. The molecule has 2 rings (SSSR count). The van der Waals surface area contributed by atoms with Crippen molar-refractivity contribution in [2.45, 2.75) is 25.4 Å². The predicted octanol–water partition coefficient (Wildman–Crippen LogP) is 1.33. The van der Waals surface area contributed by atoms with E-state index in [1.165, 1.54) is 0 Å². The minimum atomic E-state index is -0.746. The smallest absolute Gasteiger partial charge is 0.304 e. The normalized spacial score (nSPS) is 24.6. The first-order valence-electron chi connectivity index (χ1n) is 5.93. The Morgan fingerprint density at radius 3 is 2.76 bits per heavy atom. The van der Waals surface area contributed by atoms with Crippen LogP contribution in [0, 0.1) is 0 Å². The number of carboxylic acids is 1. The van der Waals surface area contributed by atoms with Crippen molar-refractivity contribution in [2.24, 2.45) is 0 Å². The number of para-hydroxylation sites is 1.